The number of aliphatic hydroxyl groups is 1. The van der Waals surface area contributed by atoms with E-state index in [1.807, 2.05) is 18.2 Å². The molecule has 1 unspecified atom stereocenters. The molecule has 0 saturated heterocycles. The third kappa shape index (κ3) is 5.81. The molecular weight excluding hydrogens is 262 g/mol. The zero-order chi connectivity index (χ0) is 14.5. The van der Waals surface area contributed by atoms with Crippen LogP contribution in [0.15, 0.2) is 18.2 Å². The molecule has 4 heteroatoms. The Balaban J connectivity index is 2.62. The van der Waals surface area contributed by atoms with Crippen LogP contribution in [0.2, 0.25) is 5.02 Å². The summed E-state index contributed by atoms with van der Waals surface area (Å²) in [7, 11) is 0. The second kappa shape index (κ2) is 7.13. The summed E-state index contributed by atoms with van der Waals surface area (Å²) >= 11 is 6.21. The Morgan fingerprint density at radius 1 is 1.42 bits per heavy atom. The van der Waals surface area contributed by atoms with E-state index >= 15 is 0 Å². The highest BCUT2D eigenvalue weighted by Gasteiger charge is 2.13. The van der Waals surface area contributed by atoms with Gasteiger partial charge in [-0.2, -0.15) is 0 Å². The topological polar surface area (TPSA) is 41.5 Å². The van der Waals surface area contributed by atoms with E-state index in [1.165, 1.54) is 0 Å². The maximum Gasteiger partial charge on any atom is 0.137 e. The summed E-state index contributed by atoms with van der Waals surface area (Å²) < 4.78 is 5.60. The fourth-order valence-electron chi connectivity index (χ4n) is 1.74. The van der Waals surface area contributed by atoms with E-state index in [-0.39, 0.29) is 6.04 Å². The quantitative estimate of drug-likeness (QED) is 0.805. The van der Waals surface area contributed by atoms with Crippen LogP contribution in [0.3, 0.4) is 0 Å². The lowest BCUT2D eigenvalue weighted by atomic mass is 10.1. The van der Waals surface area contributed by atoms with Gasteiger partial charge in [0.05, 0.1) is 17.2 Å². The van der Waals surface area contributed by atoms with E-state index in [2.05, 4.69) is 19.2 Å². The monoisotopic (exact) mass is 285 g/mol. The second-order valence-corrected chi connectivity index (χ2v) is 5.79. The lowest BCUT2D eigenvalue weighted by Gasteiger charge is -2.18. The summed E-state index contributed by atoms with van der Waals surface area (Å²) in [6.45, 7) is 9.07. The van der Waals surface area contributed by atoms with Gasteiger partial charge in [0.2, 0.25) is 0 Å². The van der Waals surface area contributed by atoms with Crippen LogP contribution in [0.4, 0.5) is 0 Å². The van der Waals surface area contributed by atoms with Gasteiger partial charge in [0.1, 0.15) is 5.75 Å². The summed E-state index contributed by atoms with van der Waals surface area (Å²) in [5, 5.41) is 13.6. The Kier molecular flexibility index (Phi) is 6.11. The average molecular weight is 286 g/mol. The van der Waals surface area contributed by atoms with Crippen molar-refractivity contribution in [2.45, 2.75) is 45.8 Å². The number of halogens is 1. The van der Waals surface area contributed by atoms with E-state index in [4.69, 9.17) is 16.3 Å². The number of rotatable bonds is 7. The van der Waals surface area contributed by atoms with E-state index < -0.39 is 5.60 Å². The molecule has 0 heterocycles. The Labute approximate surface area is 120 Å². The third-order valence-electron chi connectivity index (χ3n) is 2.94. The number of nitrogens with one attached hydrogen (secondary N) is 1. The normalized spacial score (nSPS) is 13.4. The first-order valence-electron chi connectivity index (χ1n) is 6.71. The molecule has 1 aromatic rings. The molecule has 0 spiro atoms. The molecule has 0 bridgehead atoms. The van der Waals surface area contributed by atoms with Crippen LogP contribution in [0.1, 0.15) is 45.7 Å². The Hall–Kier alpha value is -0.770. The van der Waals surface area contributed by atoms with Gasteiger partial charge in [-0.25, -0.2) is 0 Å². The summed E-state index contributed by atoms with van der Waals surface area (Å²) in [6.07, 6.45) is 0.568. The number of hydrogen-bond donors (Lipinski definition) is 2. The summed E-state index contributed by atoms with van der Waals surface area (Å²) in [5.41, 5.74) is 0.424. The number of hydrogen-bond acceptors (Lipinski definition) is 3. The zero-order valence-corrected chi connectivity index (χ0v) is 12.9. The van der Waals surface area contributed by atoms with Crippen molar-refractivity contribution < 1.29 is 9.84 Å². The Morgan fingerprint density at radius 2 is 2.11 bits per heavy atom. The zero-order valence-electron chi connectivity index (χ0n) is 12.2. The lowest BCUT2D eigenvalue weighted by molar-refractivity contribution is 0.0553. The molecule has 0 saturated carbocycles. The van der Waals surface area contributed by atoms with Crippen molar-refractivity contribution in [3.63, 3.8) is 0 Å². The molecule has 108 valence electrons. The average Bonchev–Trinajstić information content (AvgIpc) is 2.30. The highest BCUT2D eigenvalue weighted by molar-refractivity contribution is 6.32. The second-order valence-electron chi connectivity index (χ2n) is 5.38. The van der Waals surface area contributed by atoms with Crippen molar-refractivity contribution in [1.82, 2.24) is 5.32 Å². The molecule has 1 atom stereocenters. The summed E-state index contributed by atoms with van der Waals surface area (Å²) in [4.78, 5) is 0. The van der Waals surface area contributed by atoms with Gasteiger partial charge in [0, 0.05) is 12.5 Å². The van der Waals surface area contributed by atoms with Gasteiger partial charge >= 0.3 is 0 Å². The Bertz CT molecular complexity index is 402. The van der Waals surface area contributed by atoms with Crippen molar-refractivity contribution in [2.75, 3.05) is 13.2 Å². The largest absolute Gasteiger partial charge is 0.492 e. The van der Waals surface area contributed by atoms with E-state index in [9.17, 15) is 5.11 Å². The van der Waals surface area contributed by atoms with Gasteiger partial charge < -0.3 is 15.2 Å². The van der Waals surface area contributed by atoms with Crippen LogP contribution < -0.4 is 10.1 Å². The lowest BCUT2D eigenvalue weighted by Crippen LogP contribution is -2.22. The van der Waals surface area contributed by atoms with Crippen LogP contribution >= 0.6 is 11.6 Å². The van der Waals surface area contributed by atoms with Crippen molar-refractivity contribution in [3.8, 4) is 5.75 Å². The van der Waals surface area contributed by atoms with E-state index in [0.717, 1.165) is 12.1 Å². The van der Waals surface area contributed by atoms with Gasteiger partial charge in [0.15, 0.2) is 0 Å². The van der Waals surface area contributed by atoms with Gasteiger partial charge in [-0.15, -0.1) is 0 Å². The highest BCUT2D eigenvalue weighted by Crippen LogP contribution is 2.28. The first kappa shape index (κ1) is 16.3. The molecule has 0 aromatic heterocycles. The molecule has 0 aliphatic heterocycles. The Morgan fingerprint density at radius 3 is 2.63 bits per heavy atom. The molecule has 0 fully saturated rings. The molecule has 1 aromatic carbocycles. The smallest absolute Gasteiger partial charge is 0.137 e. The third-order valence-corrected chi connectivity index (χ3v) is 3.23. The van der Waals surface area contributed by atoms with E-state index in [0.29, 0.717) is 23.8 Å². The molecular formula is C15H24ClNO2. The molecule has 0 aliphatic rings. The van der Waals surface area contributed by atoms with E-state index in [1.54, 1.807) is 13.8 Å². The molecule has 0 amide bonds. The fraction of sp³-hybridized carbons (Fsp3) is 0.600. The van der Waals surface area contributed by atoms with Crippen molar-refractivity contribution in [3.05, 3.63) is 28.8 Å². The number of benzene rings is 1. The van der Waals surface area contributed by atoms with Crippen molar-refractivity contribution >= 4 is 11.6 Å². The van der Waals surface area contributed by atoms with Crippen LogP contribution in [0.5, 0.6) is 5.75 Å². The maximum atomic E-state index is 9.62. The molecule has 19 heavy (non-hydrogen) atoms. The first-order valence-corrected chi connectivity index (χ1v) is 7.09. The molecule has 0 radical (unpaired) electrons. The minimum atomic E-state index is -0.716. The minimum absolute atomic E-state index is 0.271. The van der Waals surface area contributed by atoms with Gasteiger partial charge in [-0.1, -0.05) is 24.6 Å². The number of ether oxygens (including phenoxy) is 1. The van der Waals surface area contributed by atoms with Crippen LogP contribution in [-0.4, -0.2) is 23.9 Å². The maximum absolute atomic E-state index is 9.62. The van der Waals surface area contributed by atoms with Crippen molar-refractivity contribution in [2.24, 2.45) is 0 Å². The van der Waals surface area contributed by atoms with Gasteiger partial charge in [0.25, 0.3) is 0 Å². The van der Waals surface area contributed by atoms with Crippen molar-refractivity contribution in [1.29, 1.82) is 0 Å². The molecule has 2 N–H and O–H groups in total. The molecule has 0 aliphatic carbocycles. The predicted molar refractivity (Wildman–Crippen MR) is 80.0 cm³/mol. The fourth-order valence-corrected chi connectivity index (χ4v) is 1.98. The molecule has 1 rings (SSSR count). The predicted octanol–water partition coefficient (Wildman–Crippen LogP) is 3.55. The summed E-state index contributed by atoms with van der Waals surface area (Å²) in [5.74, 6) is 0.665. The molecule has 3 nitrogen and oxygen atoms in total. The summed E-state index contributed by atoms with van der Waals surface area (Å²) in [6, 6.07) is 6.09. The SMILES string of the molecule is CCNC(C)c1ccc(OCCC(C)(C)O)c(Cl)c1. The van der Waals surface area contributed by atoms with Crippen LogP contribution in [0.25, 0.3) is 0 Å². The van der Waals surface area contributed by atoms with Gasteiger partial charge in [-0.3, -0.25) is 0 Å². The first-order chi connectivity index (χ1) is 8.83. The van der Waals surface area contributed by atoms with Gasteiger partial charge in [-0.05, 0) is 45.0 Å². The standard InChI is InChI=1S/C15H24ClNO2/c1-5-17-11(2)12-6-7-14(13(16)10-12)19-9-8-15(3,4)18/h6-7,10-11,17-18H,5,8-9H2,1-4H3. The highest BCUT2D eigenvalue weighted by atomic mass is 35.5. The van der Waals surface area contributed by atoms with Crippen LogP contribution in [0, 0.1) is 0 Å². The van der Waals surface area contributed by atoms with Crippen LogP contribution in [-0.2, 0) is 0 Å². The minimum Gasteiger partial charge on any atom is -0.492 e.